The number of amides is 1. The number of nitrogen functional groups attached to an aromatic ring is 1. The Labute approximate surface area is 92.9 Å². The molecule has 1 rings (SSSR count). The maximum absolute atomic E-state index is 11.8. The highest BCUT2D eigenvalue weighted by molar-refractivity contribution is 7.16. The van der Waals surface area contributed by atoms with E-state index in [4.69, 9.17) is 5.73 Å². The Balaban J connectivity index is 2.26. The summed E-state index contributed by atoms with van der Waals surface area (Å²) in [5.74, 6) is -0.559. The molecule has 1 aromatic rings. The first-order valence-corrected chi connectivity index (χ1v) is 5.14. The summed E-state index contributed by atoms with van der Waals surface area (Å²) in [6.07, 6.45) is -5.28. The predicted octanol–water partition coefficient (Wildman–Crippen LogP) is 1.19. The van der Waals surface area contributed by atoms with Crippen LogP contribution in [0, 0.1) is 0 Å². The van der Waals surface area contributed by atoms with Crippen molar-refractivity contribution in [3.8, 4) is 0 Å². The number of rotatable bonds is 4. The summed E-state index contributed by atoms with van der Waals surface area (Å²) in [6, 6.07) is 0. The molecule has 1 aromatic heterocycles. The second kappa shape index (κ2) is 5.10. The lowest BCUT2D eigenvalue weighted by atomic mass is 10.3. The van der Waals surface area contributed by atoms with Gasteiger partial charge in [-0.25, -0.2) is 0 Å². The first-order chi connectivity index (χ1) is 7.38. The lowest BCUT2D eigenvalue weighted by Crippen LogP contribution is -2.25. The molecule has 0 aliphatic heterocycles. The first kappa shape index (κ1) is 12.7. The van der Waals surface area contributed by atoms with E-state index in [-0.39, 0.29) is 23.1 Å². The number of nitrogens with zero attached hydrogens (tertiary/aromatic N) is 2. The van der Waals surface area contributed by atoms with Gasteiger partial charge in [0.2, 0.25) is 10.1 Å². The fraction of sp³-hybridized carbons (Fsp3) is 0.571. The molecule has 0 fully saturated rings. The minimum atomic E-state index is -4.20. The molecule has 16 heavy (non-hydrogen) atoms. The van der Waals surface area contributed by atoms with Crippen molar-refractivity contribution in [2.24, 2.45) is 0 Å². The van der Waals surface area contributed by atoms with Crippen LogP contribution in [0.15, 0.2) is 0 Å². The number of nitrogens with one attached hydrogen (secondary N) is 1. The topological polar surface area (TPSA) is 80.9 Å². The molecular weight excluding hydrogens is 245 g/mol. The average molecular weight is 254 g/mol. The summed E-state index contributed by atoms with van der Waals surface area (Å²) in [5.41, 5.74) is 5.24. The van der Waals surface area contributed by atoms with E-state index < -0.39 is 18.5 Å². The van der Waals surface area contributed by atoms with E-state index in [1.165, 1.54) is 0 Å². The van der Waals surface area contributed by atoms with Crippen LogP contribution in [0.4, 0.5) is 18.3 Å². The van der Waals surface area contributed by atoms with Crippen LogP contribution in [-0.4, -0.2) is 28.8 Å². The second-order valence-corrected chi connectivity index (χ2v) is 3.93. The van der Waals surface area contributed by atoms with E-state index in [9.17, 15) is 18.0 Å². The summed E-state index contributed by atoms with van der Waals surface area (Å²) in [7, 11) is 0. The molecule has 1 heterocycles. The SMILES string of the molecule is Nc1nnc(C(=O)NCCCC(F)(F)F)s1. The number of hydrogen-bond acceptors (Lipinski definition) is 5. The van der Waals surface area contributed by atoms with Crippen molar-refractivity contribution in [1.82, 2.24) is 15.5 Å². The average Bonchev–Trinajstić information content (AvgIpc) is 2.57. The Hall–Kier alpha value is -1.38. The molecule has 3 N–H and O–H groups in total. The van der Waals surface area contributed by atoms with Gasteiger partial charge in [-0.05, 0) is 6.42 Å². The summed E-state index contributed by atoms with van der Waals surface area (Å²) in [4.78, 5) is 11.2. The molecule has 5 nitrogen and oxygen atoms in total. The van der Waals surface area contributed by atoms with Gasteiger partial charge in [0.05, 0.1) is 0 Å². The van der Waals surface area contributed by atoms with Gasteiger partial charge in [0, 0.05) is 13.0 Å². The molecule has 0 saturated heterocycles. The van der Waals surface area contributed by atoms with Crippen LogP contribution < -0.4 is 11.1 Å². The molecule has 0 bridgehead atoms. The Morgan fingerprint density at radius 2 is 2.12 bits per heavy atom. The van der Waals surface area contributed by atoms with Crippen molar-refractivity contribution in [2.45, 2.75) is 19.0 Å². The third-order valence-corrected chi connectivity index (χ3v) is 2.31. The van der Waals surface area contributed by atoms with Gasteiger partial charge in [-0.1, -0.05) is 11.3 Å². The Bertz CT molecular complexity index is 365. The first-order valence-electron chi connectivity index (χ1n) is 4.32. The van der Waals surface area contributed by atoms with Gasteiger partial charge in [-0.3, -0.25) is 4.79 Å². The summed E-state index contributed by atoms with van der Waals surface area (Å²) >= 11 is 0.881. The second-order valence-electron chi connectivity index (χ2n) is 2.92. The van der Waals surface area contributed by atoms with Crippen LogP contribution in [0.2, 0.25) is 0 Å². The minimum absolute atomic E-state index is 0.0458. The number of hydrogen-bond donors (Lipinski definition) is 2. The maximum atomic E-state index is 11.8. The number of nitrogens with two attached hydrogens (primary N) is 1. The molecule has 0 unspecified atom stereocenters. The molecule has 0 aromatic carbocycles. The number of halogens is 3. The molecule has 0 radical (unpaired) electrons. The number of aromatic nitrogens is 2. The molecule has 0 aliphatic carbocycles. The highest BCUT2D eigenvalue weighted by Crippen LogP contribution is 2.20. The van der Waals surface area contributed by atoms with Crippen LogP contribution in [-0.2, 0) is 0 Å². The normalized spacial score (nSPS) is 11.4. The minimum Gasteiger partial charge on any atom is -0.374 e. The fourth-order valence-electron chi connectivity index (χ4n) is 0.893. The van der Waals surface area contributed by atoms with Crippen molar-refractivity contribution in [1.29, 1.82) is 0 Å². The molecule has 9 heteroatoms. The fourth-order valence-corrected chi connectivity index (χ4v) is 1.42. The van der Waals surface area contributed by atoms with E-state index >= 15 is 0 Å². The Morgan fingerprint density at radius 3 is 2.62 bits per heavy atom. The van der Waals surface area contributed by atoms with Crippen molar-refractivity contribution in [3.63, 3.8) is 0 Å². The highest BCUT2D eigenvalue weighted by atomic mass is 32.1. The Kier molecular flexibility index (Phi) is 4.05. The summed E-state index contributed by atoms with van der Waals surface area (Å²) < 4.78 is 35.3. The van der Waals surface area contributed by atoms with Gasteiger partial charge in [0.25, 0.3) is 5.91 Å². The van der Waals surface area contributed by atoms with Crippen molar-refractivity contribution in [2.75, 3.05) is 12.3 Å². The number of alkyl halides is 3. The van der Waals surface area contributed by atoms with Gasteiger partial charge in [-0.2, -0.15) is 13.2 Å². The largest absolute Gasteiger partial charge is 0.389 e. The zero-order valence-corrected chi connectivity index (χ0v) is 8.86. The molecule has 1 amide bonds. The third-order valence-electron chi connectivity index (χ3n) is 1.56. The molecule has 0 spiro atoms. The van der Waals surface area contributed by atoms with Crippen LogP contribution in [0.5, 0.6) is 0 Å². The maximum Gasteiger partial charge on any atom is 0.389 e. The standard InChI is InChI=1S/C7H9F3N4OS/c8-7(9,10)2-1-3-12-4(15)5-13-14-6(11)16-5/h1-3H2,(H2,11,14)(H,12,15). The van der Waals surface area contributed by atoms with Crippen LogP contribution in [0.3, 0.4) is 0 Å². The van der Waals surface area contributed by atoms with Crippen LogP contribution in [0.1, 0.15) is 22.6 Å². The zero-order valence-electron chi connectivity index (χ0n) is 8.04. The lowest BCUT2D eigenvalue weighted by Gasteiger charge is -2.05. The van der Waals surface area contributed by atoms with E-state index in [1.54, 1.807) is 0 Å². The quantitative estimate of drug-likeness (QED) is 0.791. The van der Waals surface area contributed by atoms with Crippen molar-refractivity contribution < 1.29 is 18.0 Å². The zero-order chi connectivity index (χ0) is 12.2. The molecule has 90 valence electrons. The predicted molar refractivity (Wildman–Crippen MR) is 51.9 cm³/mol. The third kappa shape index (κ3) is 4.43. The van der Waals surface area contributed by atoms with Gasteiger partial charge in [-0.15, -0.1) is 10.2 Å². The number of carbonyl (C=O) groups excluding carboxylic acids is 1. The lowest BCUT2D eigenvalue weighted by molar-refractivity contribution is -0.135. The van der Waals surface area contributed by atoms with Crippen LogP contribution in [0.25, 0.3) is 0 Å². The van der Waals surface area contributed by atoms with Gasteiger partial charge in [0.1, 0.15) is 0 Å². The number of anilines is 1. The molecule has 0 atom stereocenters. The smallest absolute Gasteiger partial charge is 0.374 e. The van der Waals surface area contributed by atoms with E-state index in [0.29, 0.717) is 0 Å². The van der Waals surface area contributed by atoms with Gasteiger partial charge < -0.3 is 11.1 Å². The summed E-state index contributed by atoms with van der Waals surface area (Å²) in [5, 5.41) is 9.35. The molecule has 0 saturated carbocycles. The molecular formula is C7H9F3N4OS. The van der Waals surface area contributed by atoms with Gasteiger partial charge in [0.15, 0.2) is 0 Å². The monoisotopic (exact) mass is 254 g/mol. The van der Waals surface area contributed by atoms with Crippen molar-refractivity contribution >= 4 is 22.4 Å². The van der Waals surface area contributed by atoms with Gasteiger partial charge >= 0.3 is 6.18 Å². The Morgan fingerprint density at radius 1 is 1.44 bits per heavy atom. The number of carbonyl (C=O) groups is 1. The highest BCUT2D eigenvalue weighted by Gasteiger charge is 2.26. The van der Waals surface area contributed by atoms with E-state index in [0.717, 1.165) is 11.3 Å². The van der Waals surface area contributed by atoms with E-state index in [2.05, 4.69) is 15.5 Å². The molecule has 0 aliphatic rings. The van der Waals surface area contributed by atoms with E-state index in [1.807, 2.05) is 0 Å². The van der Waals surface area contributed by atoms with Crippen LogP contribution >= 0.6 is 11.3 Å². The summed E-state index contributed by atoms with van der Waals surface area (Å²) in [6.45, 7) is -0.0577. The van der Waals surface area contributed by atoms with Crippen molar-refractivity contribution in [3.05, 3.63) is 5.01 Å².